The van der Waals surface area contributed by atoms with Crippen LogP contribution < -0.4 is 5.73 Å². The Morgan fingerprint density at radius 3 is 2.77 bits per heavy atom. The van der Waals surface area contributed by atoms with Gasteiger partial charge in [-0.2, -0.15) is 4.98 Å². The van der Waals surface area contributed by atoms with E-state index in [1.807, 2.05) is 30.9 Å². The van der Waals surface area contributed by atoms with E-state index in [2.05, 4.69) is 17.1 Å². The number of nitrogens with zero attached hydrogens (tertiary/aromatic N) is 3. The Hall–Kier alpha value is -2.41. The number of piperidine rings is 1. The molecule has 2 aromatic rings. The van der Waals surface area contributed by atoms with Crippen LogP contribution in [0.1, 0.15) is 61.6 Å². The van der Waals surface area contributed by atoms with Crippen molar-refractivity contribution in [3.63, 3.8) is 0 Å². The topological polar surface area (TPSA) is 94.5 Å². The van der Waals surface area contributed by atoms with Crippen molar-refractivity contribution in [3.8, 4) is 0 Å². The number of hydrogen-bond donors (Lipinski definition) is 1. The van der Waals surface area contributed by atoms with Crippen molar-refractivity contribution < 1.29 is 14.1 Å². The molecule has 2 N–H and O–H groups in total. The van der Waals surface area contributed by atoms with E-state index in [-0.39, 0.29) is 17.9 Å². The van der Waals surface area contributed by atoms with Gasteiger partial charge in [-0.05, 0) is 45.7 Å². The number of nitrogen functional groups attached to an aromatic ring is 1. The third-order valence-electron chi connectivity index (χ3n) is 5.17. The minimum Gasteiger partial charge on any atom is -0.398 e. The smallest absolute Gasteiger partial charge is 0.258 e. The number of aromatic nitrogens is 2. The molecule has 1 aromatic carbocycles. The van der Waals surface area contributed by atoms with Crippen molar-refractivity contribution in [2.75, 3.05) is 19.4 Å². The molecular weight excluding hydrogens is 332 g/mol. The molecule has 7 heteroatoms. The molecular formula is C19H26N4O3. The largest absolute Gasteiger partial charge is 0.398 e. The van der Waals surface area contributed by atoms with Gasteiger partial charge < -0.3 is 19.9 Å². The van der Waals surface area contributed by atoms with E-state index in [4.69, 9.17) is 15.0 Å². The summed E-state index contributed by atoms with van der Waals surface area (Å²) >= 11 is 0. The Bertz CT molecular complexity index is 787. The zero-order chi connectivity index (χ0) is 18.9. The van der Waals surface area contributed by atoms with Gasteiger partial charge in [0.25, 0.3) is 11.8 Å². The Morgan fingerprint density at radius 1 is 1.35 bits per heavy atom. The number of anilines is 1. The van der Waals surface area contributed by atoms with Crippen LogP contribution in [0, 0.1) is 0 Å². The van der Waals surface area contributed by atoms with Crippen molar-refractivity contribution in [3.05, 3.63) is 41.5 Å². The second-order valence-corrected chi connectivity index (χ2v) is 7.34. The average Bonchev–Trinajstić information content (AvgIpc) is 3.13. The molecule has 0 unspecified atom stereocenters. The highest BCUT2D eigenvalue weighted by Gasteiger charge is 2.35. The Morgan fingerprint density at radius 2 is 2.08 bits per heavy atom. The average molecular weight is 358 g/mol. The molecule has 2 atom stereocenters. The van der Waals surface area contributed by atoms with Crippen molar-refractivity contribution in [1.82, 2.24) is 15.0 Å². The fraction of sp³-hybridized carbons (Fsp3) is 0.526. The van der Waals surface area contributed by atoms with Gasteiger partial charge in [-0.1, -0.05) is 17.3 Å². The van der Waals surface area contributed by atoms with E-state index >= 15 is 0 Å². The van der Waals surface area contributed by atoms with Gasteiger partial charge in [0.1, 0.15) is 5.60 Å². The van der Waals surface area contributed by atoms with Crippen LogP contribution in [0.25, 0.3) is 0 Å². The Labute approximate surface area is 153 Å². The summed E-state index contributed by atoms with van der Waals surface area (Å²) in [7, 11) is 1.61. The van der Waals surface area contributed by atoms with Crippen molar-refractivity contribution in [2.24, 2.45) is 0 Å². The SMILES string of the molecule is COC(C)(C)c1nc([C@@H]2CC[C@@H](C)N(C(=O)c3ccccc3N)C2)no1. The maximum atomic E-state index is 13.0. The molecule has 1 amide bonds. The first-order valence-corrected chi connectivity index (χ1v) is 8.88. The maximum Gasteiger partial charge on any atom is 0.258 e. The summed E-state index contributed by atoms with van der Waals surface area (Å²) in [5, 5.41) is 4.13. The number of benzene rings is 1. The Balaban J connectivity index is 1.80. The molecule has 0 saturated carbocycles. The van der Waals surface area contributed by atoms with Crippen molar-refractivity contribution in [2.45, 2.75) is 51.2 Å². The molecule has 0 spiro atoms. The lowest BCUT2D eigenvalue weighted by atomic mass is 9.92. The second-order valence-electron chi connectivity index (χ2n) is 7.34. The number of carbonyl (C=O) groups excluding carboxylic acids is 1. The van der Waals surface area contributed by atoms with Crippen LogP contribution in [0.3, 0.4) is 0 Å². The first-order chi connectivity index (χ1) is 12.3. The summed E-state index contributed by atoms with van der Waals surface area (Å²) in [6.45, 7) is 6.35. The molecule has 1 aliphatic rings. The summed E-state index contributed by atoms with van der Waals surface area (Å²) < 4.78 is 10.8. The number of nitrogens with two attached hydrogens (primary N) is 1. The summed E-state index contributed by atoms with van der Waals surface area (Å²) in [5.74, 6) is 1.04. The fourth-order valence-corrected chi connectivity index (χ4v) is 3.18. The molecule has 1 aromatic heterocycles. The van der Waals surface area contributed by atoms with E-state index in [1.54, 1.807) is 19.2 Å². The number of carbonyl (C=O) groups is 1. The number of hydrogen-bond acceptors (Lipinski definition) is 6. The molecule has 1 saturated heterocycles. The summed E-state index contributed by atoms with van der Waals surface area (Å²) in [5.41, 5.74) is 6.38. The third kappa shape index (κ3) is 3.44. The first-order valence-electron chi connectivity index (χ1n) is 8.88. The Kier molecular flexibility index (Phi) is 5.00. The van der Waals surface area contributed by atoms with Gasteiger partial charge in [0.15, 0.2) is 5.82 Å². The minimum absolute atomic E-state index is 0.0326. The normalized spacial score (nSPS) is 21.0. The number of likely N-dealkylation sites (tertiary alicyclic amines) is 1. The lowest BCUT2D eigenvalue weighted by Gasteiger charge is -2.37. The van der Waals surface area contributed by atoms with Gasteiger partial charge in [-0.15, -0.1) is 0 Å². The van der Waals surface area contributed by atoms with Gasteiger partial charge in [0.2, 0.25) is 0 Å². The number of ether oxygens (including phenoxy) is 1. The monoisotopic (exact) mass is 358 g/mol. The first kappa shape index (κ1) is 18.4. The highest BCUT2D eigenvalue weighted by molar-refractivity contribution is 5.99. The van der Waals surface area contributed by atoms with Gasteiger partial charge in [-0.3, -0.25) is 4.79 Å². The van der Waals surface area contributed by atoms with Crippen LogP contribution in [0.5, 0.6) is 0 Å². The predicted octanol–water partition coefficient (Wildman–Crippen LogP) is 2.94. The summed E-state index contributed by atoms with van der Waals surface area (Å²) in [4.78, 5) is 19.4. The molecule has 0 radical (unpaired) electrons. The molecule has 1 fully saturated rings. The number of methoxy groups -OCH3 is 1. The zero-order valence-corrected chi connectivity index (χ0v) is 15.7. The predicted molar refractivity (Wildman–Crippen MR) is 97.7 cm³/mol. The van der Waals surface area contributed by atoms with Crippen LogP contribution in [-0.2, 0) is 10.3 Å². The van der Waals surface area contributed by atoms with Crippen LogP contribution in [-0.4, -0.2) is 40.6 Å². The molecule has 2 heterocycles. The standard InChI is InChI=1S/C19H26N4O3/c1-12-9-10-13(16-21-18(26-22-16)19(2,3)25-4)11-23(12)17(24)14-7-5-6-8-15(14)20/h5-8,12-13H,9-11,20H2,1-4H3/t12-,13-/m1/s1. The van der Waals surface area contributed by atoms with Crippen molar-refractivity contribution in [1.29, 1.82) is 0 Å². The molecule has 0 bridgehead atoms. The quantitative estimate of drug-likeness (QED) is 0.845. The second kappa shape index (κ2) is 7.07. The van der Waals surface area contributed by atoms with Crippen LogP contribution in [0.2, 0.25) is 0 Å². The zero-order valence-electron chi connectivity index (χ0n) is 15.7. The van der Waals surface area contributed by atoms with Gasteiger partial charge >= 0.3 is 0 Å². The molecule has 3 rings (SSSR count). The summed E-state index contributed by atoms with van der Waals surface area (Å²) in [6, 6.07) is 7.31. The summed E-state index contributed by atoms with van der Waals surface area (Å²) in [6.07, 6.45) is 1.78. The molecule has 140 valence electrons. The van der Waals surface area contributed by atoms with Crippen LogP contribution in [0.15, 0.2) is 28.8 Å². The highest BCUT2D eigenvalue weighted by atomic mass is 16.5. The van der Waals surface area contributed by atoms with Gasteiger partial charge in [-0.25, -0.2) is 0 Å². The lowest BCUT2D eigenvalue weighted by Crippen LogP contribution is -2.45. The minimum atomic E-state index is -0.638. The van der Waals surface area contributed by atoms with E-state index in [9.17, 15) is 4.79 Å². The van der Waals surface area contributed by atoms with Gasteiger partial charge in [0, 0.05) is 31.3 Å². The van der Waals surface area contributed by atoms with Crippen molar-refractivity contribution >= 4 is 11.6 Å². The highest BCUT2D eigenvalue weighted by Crippen LogP contribution is 2.32. The molecule has 0 aliphatic carbocycles. The van der Waals surface area contributed by atoms with E-state index < -0.39 is 5.60 Å². The maximum absolute atomic E-state index is 13.0. The third-order valence-corrected chi connectivity index (χ3v) is 5.17. The number of rotatable bonds is 4. The van der Waals surface area contributed by atoms with Gasteiger partial charge in [0.05, 0.1) is 5.56 Å². The molecule has 7 nitrogen and oxygen atoms in total. The lowest BCUT2D eigenvalue weighted by molar-refractivity contribution is -0.00787. The molecule has 1 aliphatic heterocycles. The van der Waals surface area contributed by atoms with E-state index in [1.165, 1.54) is 0 Å². The van der Waals surface area contributed by atoms with Crippen LogP contribution >= 0.6 is 0 Å². The number of para-hydroxylation sites is 1. The fourth-order valence-electron chi connectivity index (χ4n) is 3.18. The van der Waals surface area contributed by atoms with E-state index in [0.29, 0.717) is 29.5 Å². The van der Waals surface area contributed by atoms with E-state index in [0.717, 1.165) is 12.8 Å². The number of amides is 1. The van der Waals surface area contributed by atoms with Crippen LogP contribution in [0.4, 0.5) is 5.69 Å². The molecule has 26 heavy (non-hydrogen) atoms.